The first-order valence-electron chi connectivity index (χ1n) is 14.0. The van der Waals surface area contributed by atoms with Crippen molar-refractivity contribution in [3.63, 3.8) is 0 Å². The predicted molar refractivity (Wildman–Crippen MR) is 150 cm³/mol. The number of carbonyl (C=O) groups is 2. The molecule has 2 heterocycles. The van der Waals surface area contributed by atoms with Crippen molar-refractivity contribution >= 4 is 11.8 Å². The number of hydrogen-bond donors (Lipinski definition) is 2. The summed E-state index contributed by atoms with van der Waals surface area (Å²) in [6.45, 7) is 10.7. The Labute approximate surface area is 237 Å². The Balaban J connectivity index is 2.02. The van der Waals surface area contributed by atoms with Crippen molar-refractivity contribution < 1.29 is 33.9 Å². The summed E-state index contributed by atoms with van der Waals surface area (Å²) in [6.07, 6.45) is 6.10. The van der Waals surface area contributed by atoms with Gasteiger partial charge in [0.2, 0.25) is 5.91 Å². The lowest BCUT2D eigenvalue weighted by atomic mass is 9.83. The molecule has 2 aliphatic heterocycles. The van der Waals surface area contributed by atoms with Crippen LogP contribution in [-0.2, 0) is 28.8 Å². The van der Waals surface area contributed by atoms with Gasteiger partial charge in [0.1, 0.15) is 17.4 Å². The smallest absolute Gasteiger partial charge is 0.254 e. The highest BCUT2D eigenvalue weighted by Crippen LogP contribution is 2.36. The van der Waals surface area contributed by atoms with Gasteiger partial charge in [0.15, 0.2) is 12.2 Å². The first-order valence-corrected chi connectivity index (χ1v) is 14.0. The highest BCUT2D eigenvalue weighted by molar-refractivity contribution is 5.91. The second kappa shape index (κ2) is 15.4. The Hall–Kier alpha value is -2.63. The SMILES string of the molecule is COC(C(=O)N[C@H]1CC[C@@H](OCCCCCCN=[N+]=[N-])CN(C)C1=O)C1=C(C)OOC(/C=C/C(C)(C)C)C1(C)O. The summed E-state index contributed by atoms with van der Waals surface area (Å²) in [7, 11) is 3.07. The number of aliphatic hydroxyl groups is 1. The van der Waals surface area contributed by atoms with Gasteiger partial charge >= 0.3 is 0 Å². The van der Waals surface area contributed by atoms with Gasteiger partial charge in [0.25, 0.3) is 5.91 Å². The van der Waals surface area contributed by atoms with Crippen LogP contribution in [0.5, 0.6) is 0 Å². The van der Waals surface area contributed by atoms with Gasteiger partial charge in [0, 0.05) is 44.3 Å². The fraction of sp³-hybridized carbons (Fsp3) is 0.786. The molecule has 0 bridgehead atoms. The Morgan fingerprint density at radius 3 is 2.67 bits per heavy atom. The van der Waals surface area contributed by atoms with E-state index >= 15 is 0 Å². The number of nitrogens with zero attached hydrogens (tertiary/aromatic N) is 4. The summed E-state index contributed by atoms with van der Waals surface area (Å²) in [5.41, 5.74) is 6.79. The van der Waals surface area contributed by atoms with Crippen LogP contribution < -0.4 is 5.32 Å². The number of hydrogen-bond acceptors (Lipinski definition) is 8. The highest BCUT2D eigenvalue weighted by Gasteiger charge is 2.48. The quantitative estimate of drug-likeness (QED) is 0.0855. The monoisotopic (exact) mass is 565 g/mol. The number of carbonyl (C=O) groups excluding carboxylic acids is 2. The van der Waals surface area contributed by atoms with Crippen molar-refractivity contribution in [3.05, 3.63) is 33.9 Å². The zero-order valence-corrected chi connectivity index (χ0v) is 25.0. The summed E-state index contributed by atoms with van der Waals surface area (Å²) in [6, 6.07) is -0.757. The van der Waals surface area contributed by atoms with E-state index < -0.39 is 29.8 Å². The molecule has 0 saturated carbocycles. The number of allylic oxidation sites excluding steroid dienone is 2. The maximum Gasteiger partial charge on any atom is 0.254 e. The number of likely N-dealkylation sites (tertiary alicyclic amines) is 1. The molecule has 12 nitrogen and oxygen atoms in total. The Kier molecular flexibility index (Phi) is 12.9. The summed E-state index contributed by atoms with van der Waals surface area (Å²) in [5, 5.41) is 17.8. The van der Waals surface area contributed by atoms with Gasteiger partial charge in [-0.15, -0.1) is 0 Å². The second-order valence-electron chi connectivity index (χ2n) is 11.8. The zero-order valence-electron chi connectivity index (χ0n) is 25.0. The van der Waals surface area contributed by atoms with Crippen LogP contribution in [0.25, 0.3) is 10.4 Å². The number of unbranched alkanes of at least 4 members (excludes halogenated alkanes) is 3. The van der Waals surface area contributed by atoms with Crippen molar-refractivity contribution in [2.45, 2.75) is 103 Å². The van der Waals surface area contributed by atoms with E-state index in [9.17, 15) is 14.7 Å². The molecule has 0 aliphatic carbocycles. The van der Waals surface area contributed by atoms with Crippen LogP contribution >= 0.6 is 0 Å². The average Bonchev–Trinajstić information content (AvgIpc) is 3.00. The molecular weight excluding hydrogens is 518 g/mol. The van der Waals surface area contributed by atoms with E-state index in [1.807, 2.05) is 26.8 Å². The van der Waals surface area contributed by atoms with Crippen LogP contribution in [-0.4, -0.2) is 85.6 Å². The molecule has 40 heavy (non-hydrogen) atoms. The molecule has 2 N–H and O–H groups in total. The average molecular weight is 566 g/mol. The van der Waals surface area contributed by atoms with Crippen molar-refractivity contribution in [3.8, 4) is 0 Å². The molecule has 0 spiro atoms. The molecule has 226 valence electrons. The molecule has 12 heteroatoms. The molecule has 2 rings (SSSR count). The number of ether oxygens (including phenoxy) is 2. The van der Waals surface area contributed by atoms with Crippen LogP contribution in [0, 0.1) is 5.41 Å². The van der Waals surface area contributed by atoms with E-state index in [1.54, 1.807) is 31.9 Å². The van der Waals surface area contributed by atoms with E-state index in [0.29, 0.717) is 32.5 Å². The standard InChI is InChI=1S/C28H47N5O7/c1-19-23(28(5,36)22(40-39-19)14-15-27(2,3)4)24(37-7)25(34)31-21-13-12-20(18-33(6)26(21)35)38-17-11-9-8-10-16-30-32-29/h14-15,20-22,24,36H,8-13,16-18H2,1-7H3,(H,31,34)/b15-14+/t20-,21+,22?,24?,28?/m1/s1. The van der Waals surface area contributed by atoms with Crippen LogP contribution in [0.3, 0.4) is 0 Å². The van der Waals surface area contributed by atoms with Gasteiger partial charge in [-0.1, -0.05) is 50.9 Å². The van der Waals surface area contributed by atoms with Crippen molar-refractivity contribution in [2.24, 2.45) is 10.5 Å². The first kappa shape index (κ1) is 33.6. The minimum atomic E-state index is -1.60. The minimum absolute atomic E-state index is 0.137. The third-order valence-corrected chi connectivity index (χ3v) is 7.08. The first-order chi connectivity index (χ1) is 18.8. The number of amides is 2. The van der Waals surface area contributed by atoms with Gasteiger partial charge < -0.3 is 29.7 Å². The molecular formula is C28H47N5O7. The molecule has 5 atom stereocenters. The summed E-state index contributed by atoms with van der Waals surface area (Å²) in [4.78, 5) is 41.7. The molecule has 0 aromatic carbocycles. The summed E-state index contributed by atoms with van der Waals surface area (Å²) in [5.74, 6) is -0.532. The van der Waals surface area contributed by atoms with Gasteiger partial charge in [-0.05, 0) is 50.5 Å². The molecule has 1 fully saturated rings. The molecule has 3 unspecified atom stereocenters. The summed E-state index contributed by atoms with van der Waals surface area (Å²) < 4.78 is 11.6. The number of methoxy groups -OCH3 is 1. The number of azide groups is 1. The topological polar surface area (TPSA) is 155 Å². The fourth-order valence-electron chi connectivity index (χ4n) is 4.85. The van der Waals surface area contributed by atoms with Crippen LogP contribution in [0.15, 0.2) is 28.6 Å². The van der Waals surface area contributed by atoms with Crippen molar-refractivity contribution in [2.75, 3.05) is 33.9 Å². The van der Waals surface area contributed by atoms with E-state index in [2.05, 4.69) is 15.3 Å². The van der Waals surface area contributed by atoms with E-state index in [-0.39, 0.29) is 28.8 Å². The van der Waals surface area contributed by atoms with Crippen LogP contribution in [0.2, 0.25) is 0 Å². The normalized spacial score (nSPS) is 26.8. The molecule has 0 aromatic rings. The second-order valence-corrected chi connectivity index (χ2v) is 11.8. The number of nitrogens with one attached hydrogen (secondary N) is 1. The van der Waals surface area contributed by atoms with Gasteiger partial charge in [-0.25, -0.2) is 0 Å². The molecule has 0 radical (unpaired) electrons. The van der Waals surface area contributed by atoms with Crippen molar-refractivity contribution in [1.82, 2.24) is 10.2 Å². The zero-order chi connectivity index (χ0) is 29.9. The molecule has 2 aliphatic rings. The minimum Gasteiger partial charge on any atom is -0.382 e. The summed E-state index contributed by atoms with van der Waals surface area (Å²) >= 11 is 0. The third-order valence-electron chi connectivity index (χ3n) is 7.08. The van der Waals surface area contributed by atoms with Crippen molar-refractivity contribution in [1.29, 1.82) is 0 Å². The third kappa shape index (κ3) is 9.78. The van der Waals surface area contributed by atoms with Gasteiger partial charge in [-0.2, -0.15) is 4.89 Å². The molecule has 0 aromatic heterocycles. The predicted octanol–water partition coefficient (Wildman–Crippen LogP) is 3.95. The Morgan fingerprint density at radius 1 is 1.32 bits per heavy atom. The van der Waals surface area contributed by atoms with E-state index in [4.69, 9.17) is 24.8 Å². The van der Waals surface area contributed by atoms with Gasteiger partial charge in [-0.3, -0.25) is 9.59 Å². The van der Waals surface area contributed by atoms with E-state index in [0.717, 1.165) is 25.7 Å². The molecule has 2 amide bonds. The number of likely N-dealkylation sites (N-methyl/N-ethyl adjacent to an activating group) is 1. The Morgan fingerprint density at radius 2 is 2.02 bits per heavy atom. The lowest BCUT2D eigenvalue weighted by molar-refractivity contribution is -0.325. The number of rotatable bonds is 13. The van der Waals surface area contributed by atoms with Crippen LogP contribution in [0.4, 0.5) is 0 Å². The van der Waals surface area contributed by atoms with E-state index in [1.165, 1.54) is 7.11 Å². The maximum absolute atomic E-state index is 13.5. The Bertz CT molecular complexity index is 969. The lowest BCUT2D eigenvalue weighted by Gasteiger charge is -2.39. The van der Waals surface area contributed by atoms with Crippen LogP contribution in [0.1, 0.15) is 73.1 Å². The fourth-order valence-corrected chi connectivity index (χ4v) is 4.85. The van der Waals surface area contributed by atoms with Gasteiger partial charge in [0.05, 0.1) is 6.10 Å². The maximum atomic E-state index is 13.5. The largest absolute Gasteiger partial charge is 0.382 e. The molecule has 1 saturated heterocycles. The lowest BCUT2D eigenvalue weighted by Crippen LogP contribution is -2.55. The highest BCUT2D eigenvalue weighted by atomic mass is 17.2.